The van der Waals surface area contributed by atoms with Gasteiger partial charge in [0.1, 0.15) is 0 Å². The summed E-state index contributed by atoms with van der Waals surface area (Å²) in [5.41, 5.74) is 0. The van der Waals surface area contributed by atoms with Crippen LogP contribution in [-0.2, 0) is 4.79 Å². The number of hydrogen-bond donors (Lipinski definition) is 1. The smallest absolute Gasteiger partial charge is 0.329 e. The second-order valence-electron chi connectivity index (χ2n) is 2.36. The van der Waals surface area contributed by atoms with Crippen LogP contribution in [0.1, 0.15) is 0 Å². The second kappa shape index (κ2) is 2.96. The van der Waals surface area contributed by atoms with Crippen molar-refractivity contribution in [1.29, 1.82) is 0 Å². The van der Waals surface area contributed by atoms with E-state index in [1.807, 2.05) is 0 Å². The Kier molecular flexibility index (Phi) is 2.45. The number of carboxylic acids is 1. The fourth-order valence-electron chi connectivity index (χ4n) is 0.811. The molecule has 0 aromatic rings. The Hall–Kier alpha value is -0.160. The SMILES string of the molecule is O=C(O)C1(Br)C=CC=CC1(F)Br. The zero-order chi connectivity index (χ0) is 9.41. The lowest BCUT2D eigenvalue weighted by Gasteiger charge is -2.30. The Bertz CT molecular complexity index is 273. The maximum absolute atomic E-state index is 13.5. The predicted octanol–water partition coefficient (Wildman–Crippen LogP) is 2.39. The normalized spacial score (nSPS) is 39.9. The lowest BCUT2D eigenvalue weighted by Crippen LogP contribution is -2.46. The summed E-state index contributed by atoms with van der Waals surface area (Å²) in [4.78, 5) is 10.7. The van der Waals surface area contributed by atoms with Crippen LogP contribution in [0, 0.1) is 0 Å². The Morgan fingerprint density at radius 3 is 2.17 bits per heavy atom. The van der Waals surface area contributed by atoms with Crippen molar-refractivity contribution in [2.45, 2.75) is 8.90 Å². The highest BCUT2D eigenvalue weighted by Crippen LogP contribution is 2.44. The van der Waals surface area contributed by atoms with Crippen LogP contribution < -0.4 is 0 Å². The number of aliphatic carboxylic acids is 1. The number of carboxylic acid groups (broad SMARTS) is 1. The molecule has 0 heterocycles. The molecule has 0 saturated carbocycles. The number of rotatable bonds is 1. The average Bonchev–Trinajstić information content (AvgIpc) is 1.95. The molecule has 12 heavy (non-hydrogen) atoms. The van der Waals surface area contributed by atoms with Crippen LogP contribution in [0.2, 0.25) is 0 Å². The first-order valence-corrected chi connectivity index (χ1v) is 4.66. The van der Waals surface area contributed by atoms with Gasteiger partial charge in [0.05, 0.1) is 0 Å². The van der Waals surface area contributed by atoms with Gasteiger partial charge in [-0.15, -0.1) is 0 Å². The van der Waals surface area contributed by atoms with E-state index in [-0.39, 0.29) is 0 Å². The third kappa shape index (κ3) is 1.35. The van der Waals surface area contributed by atoms with Gasteiger partial charge in [0.15, 0.2) is 4.32 Å². The molecule has 2 atom stereocenters. The summed E-state index contributed by atoms with van der Waals surface area (Å²) in [6.07, 6.45) is 5.29. The number of allylic oxidation sites excluding steroid dienone is 3. The standard InChI is InChI=1S/C7H5Br2FO2/c8-6(5(11)12)3-1-2-4-7(6,9)10/h1-4H,(H,11,12). The predicted molar refractivity (Wildman–Crippen MR) is 50.3 cm³/mol. The van der Waals surface area contributed by atoms with Gasteiger partial charge in [0.25, 0.3) is 0 Å². The maximum atomic E-state index is 13.5. The van der Waals surface area contributed by atoms with E-state index in [0.717, 1.165) is 6.08 Å². The molecule has 1 aliphatic rings. The zero-order valence-corrected chi connectivity index (χ0v) is 8.97. The highest BCUT2D eigenvalue weighted by atomic mass is 79.9. The Morgan fingerprint density at radius 2 is 1.83 bits per heavy atom. The highest BCUT2D eigenvalue weighted by Gasteiger charge is 2.52. The monoisotopic (exact) mass is 298 g/mol. The lowest BCUT2D eigenvalue weighted by atomic mass is 9.99. The maximum Gasteiger partial charge on any atom is 0.329 e. The highest BCUT2D eigenvalue weighted by molar-refractivity contribution is 9.13. The van der Waals surface area contributed by atoms with Crippen molar-refractivity contribution in [3.05, 3.63) is 24.3 Å². The van der Waals surface area contributed by atoms with E-state index < -0.39 is 14.9 Å². The van der Waals surface area contributed by atoms with Gasteiger partial charge in [-0.3, -0.25) is 4.79 Å². The third-order valence-electron chi connectivity index (χ3n) is 1.54. The van der Waals surface area contributed by atoms with Crippen molar-refractivity contribution in [2.24, 2.45) is 0 Å². The molecule has 2 unspecified atom stereocenters. The van der Waals surface area contributed by atoms with Gasteiger partial charge < -0.3 is 5.11 Å². The van der Waals surface area contributed by atoms with E-state index in [9.17, 15) is 9.18 Å². The van der Waals surface area contributed by atoms with E-state index in [1.54, 1.807) is 0 Å². The summed E-state index contributed by atoms with van der Waals surface area (Å²) in [6, 6.07) is 0. The van der Waals surface area contributed by atoms with Gasteiger partial charge in [0.2, 0.25) is 4.58 Å². The minimum atomic E-state index is -2.08. The lowest BCUT2D eigenvalue weighted by molar-refractivity contribution is -0.139. The van der Waals surface area contributed by atoms with E-state index in [4.69, 9.17) is 5.11 Å². The summed E-state index contributed by atoms with van der Waals surface area (Å²) >= 11 is 5.51. The minimum Gasteiger partial charge on any atom is -0.480 e. The first-order chi connectivity index (χ1) is 5.40. The molecule has 0 aromatic heterocycles. The zero-order valence-electron chi connectivity index (χ0n) is 5.80. The molecule has 0 fully saturated rings. The third-order valence-corrected chi connectivity index (χ3v) is 4.14. The topological polar surface area (TPSA) is 37.3 Å². The summed E-state index contributed by atoms with van der Waals surface area (Å²) < 4.78 is 9.73. The van der Waals surface area contributed by atoms with Crippen LogP contribution in [0.3, 0.4) is 0 Å². The Balaban J connectivity index is 3.13. The van der Waals surface area contributed by atoms with Crippen LogP contribution in [-0.4, -0.2) is 20.0 Å². The molecule has 0 aliphatic heterocycles. The van der Waals surface area contributed by atoms with Crippen LogP contribution in [0.25, 0.3) is 0 Å². The Labute approximate surface area is 85.4 Å². The van der Waals surface area contributed by atoms with Crippen LogP contribution >= 0.6 is 31.9 Å². The minimum absolute atomic E-state index is 1.13. The number of alkyl halides is 3. The van der Waals surface area contributed by atoms with E-state index in [0.29, 0.717) is 0 Å². The molecule has 0 amide bonds. The molecule has 2 nitrogen and oxygen atoms in total. The van der Waals surface area contributed by atoms with Crippen molar-refractivity contribution in [3.8, 4) is 0 Å². The summed E-state index contributed by atoms with van der Waals surface area (Å²) in [6.45, 7) is 0. The molecule has 0 aromatic carbocycles. The molecule has 1 N–H and O–H groups in total. The molecular formula is C7H5Br2FO2. The van der Waals surface area contributed by atoms with Crippen LogP contribution in [0.4, 0.5) is 4.39 Å². The van der Waals surface area contributed by atoms with Crippen molar-refractivity contribution < 1.29 is 14.3 Å². The molecule has 1 aliphatic carbocycles. The van der Waals surface area contributed by atoms with Gasteiger partial charge in [0, 0.05) is 0 Å². The van der Waals surface area contributed by atoms with Crippen molar-refractivity contribution in [1.82, 2.24) is 0 Å². The van der Waals surface area contributed by atoms with Gasteiger partial charge >= 0.3 is 5.97 Å². The summed E-state index contributed by atoms with van der Waals surface area (Å²) in [5, 5.41) is 8.73. The van der Waals surface area contributed by atoms with E-state index in [1.165, 1.54) is 18.2 Å². The molecule has 1 rings (SSSR count). The first kappa shape index (κ1) is 9.92. The summed E-state index contributed by atoms with van der Waals surface area (Å²) in [5.74, 6) is -1.28. The number of halogens is 3. The largest absolute Gasteiger partial charge is 0.480 e. The molecule has 66 valence electrons. The van der Waals surface area contributed by atoms with Crippen LogP contribution in [0.15, 0.2) is 24.3 Å². The average molecular weight is 300 g/mol. The fourth-order valence-corrected chi connectivity index (χ4v) is 1.55. The first-order valence-electron chi connectivity index (χ1n) is 3.07. The molecule has 0 spiro atoms. The van der Waals surface area contributed by atoms with Gasteiger partial charge in [-0.25, -0.2) is 4.39 Å². The second-order valence-corrected chi connectivity index (χ2v) is 4.76. The number of carbonyl (C=O) groups is 1. The van der Waals surface area contributed by atoms with Gasteiger partial charge in [-0.05, 0) is 22.0 Å². The quantitative estimate of drug-likeness (QED) is 0.755. The summed E-state index contributed by atoms with van der Waals surface area (Å²) in [7, 11) is 0. The molecule has 0 bridgehead atoms. The van der Waals surface area contributed by atoms with E-state index >= 15 is 0 Å². The number of hydrogen-bond acceptors (Lipinski definition) is 1. The van der Waals surface area contributed by atoms with Crippen molar-refractivity contribution in [3.63, 3.8) is 0 Å². The van der Waals surface area contributed by atoms with Gasteiger partial charge in [-0.1, -0.05) is 34.2 Å². The fraction of sp³-hybridized carbons (Fsp3) is 0.286. The van der Waals surface area contributed by atoms with Crippen molar-refractivity contribution >= 4 is 37.8 Å². The van der Waals surface area contributed by atoms with E-state index in [2.05, 4.69) is 31.9 Å². The molecular weight excluding hydrogens is 295 g/mol. The van der Waals surface area contributed by atoms with Gasteiger partial charge in [-0.2, -0.15) is 0 Å². The van der Waals surface area contributed by atoms with Crippen molar-refractivity contribution in [2.75, 3.05) is 0 Å². The Morgan fingerprint density at radius 1 is 1.33 bits per heavy atom. The molecule has 0 saturated heterocycles. The molecule has 5 heteroatoms. The molecule has 0 radical (unpaired) electrons. The van der Waals surface area contributed by atoms with Crippen LogP contribution in [0.5, 0.6) is 0 Å².